The molecule has 5 heteroatoms. The maximum Gasteiger partial charge on any atom is 0.220 e. The summed E-state index contributed by atoms with van der Waals surface area (Å²) in [4.78, 5) is 19.2. The van der Waals surface area contributed by atoms with Crippen LogP contribution in [0.3, 0.4) is 0 Å². The van der Waals surface area contributed by atoms with Crippen molar-refractivity contribution >= 4 is 5.91 Å². The van der Waals surface area contributed by atoms with E-state index in [1.54, 1.807) is 6.20 Å². The summed E-state index contributed by atoms with van der Waals surface area (Å²) in [5.74, 6) is 0.0806. The molecule has 0 aliphatic carbocycles. The van der Waals surface area contributed by atoms with E-state index < -0.39 is 0 Å². The normalized spacial score (nSPS) is 16.1. The molecule has 1 aliphatic rings. The van der Waals surface area contributed by atoms with Crippen LogP contribution in [0, 0.1) is 13.8 Å². The Hall–Kier alpha value is -2.24. The highest BCUT2D eigenvalue weighted by molar-refractivity contribution is 5.77. The summed E-state index contributed by atoms with van der Waals surface area (Å²) in [6.07, 6.45) is 4.97. The predicted octanol–water partition coefficient (Wildman–Crippen LogP) is 3.02. The van der Waals surface area contributed by atoms with Gasteiger partial charge < -0.3 is 10.1 Å². The lowest BCUT2D eigenvalue weighted by atomic mass is 9.94. The number of benzene rings is 1. The van der Waals surface area contributed by atoms with Gasteiger partial charge in [0.2, 0.25) is 5.91 Å². The Kier molecular flexibility index (Phi) is 6.96. The van der Waals surface area contributed by atoms with Gasteiger partial charge in [-0.25, -0.2) is 0 Å². The third kappa shape index (κ3) is 5.62. The lowest BCUT2D eigenvalue weighted by Gasteiger charge is -2.26. The van der Waals surface area contributed by atoms with Crippen LogP contribution in [0.25, 0.3) is 0 Å². The Labute approximate surface area is 161 Å². The fourth-order valence-electron chi connectivity index (χ4n) is 3.56. The van der Waals surface area contributed by atoms with Crippen molar-refractivity contribution in [3.05, 3.63) is 65.0 Å². The minimum Gasteiger partial charge on any atom is -0.379 e. The second-order valence-electron chi connectivity index (χ2n) is 7.20. The van der Waals surface area contributed by atoms with Crippen LogP contribution in [0.4, 0.5) is 0 Å². The van der Waals surface area contributed by atoms with Crippen molar-refractivity contribution in [1.82, 2.24) is 15.2 Å². The fourth-order valence-corrected chi connectivity index (χ4v) is 3.56. The van der Waals surface area contributed by atoms with Gasteiger partial charge in [-0.3, -0.25) is 14.7 Å². The Morgan fingerprint density at radius 2 is 2.07 bits per heavy atom. The standard InChI is InChI=1S/C22H29N3O2/c1-17-7-8-20(18(2)15-17)22(19-5-3-9-23-16-19)24-21(26)6-4-10-25-11-13-27-14-12-25/h3,5,7-9,15-16,22H,4,6,10-14H2,1-2H3,(H,24,26)/t22-/m0/s1. The van der Waals surface area contributed by atoms with Gasteiger partial charge in [0.25, 0.3) is 0 Å². The van der Waals surface area contributed by atoms with Crippen LogP contribution in [0.5, 0.6) is 0 Å². The van der Waals surface area contributed by atoms with Gasteiger partial charge in [0, 0.05) is 31.9 Å². The maximum absolute atomic E-state index is 12.6. The van der Waals surface area contributed by atoms with E-state index in [1.807, 2.05) is 18.3 Å². The smallest absolute Gasteiger partial charge is 0.220 e. The van der Waals surface area contributed by atoms with Gasteiger partial charge in [-0.2, -0.15) is 0 Å². The first-order valence-corrected chi connectivity index (χ1v) is 9.70. The third-order valence-electron chi connectivity index (χ3n) is 5.04. The van der Waals surface area contributed by atoms with E-state index in [9.17, 15) is 4.79 Å². The summed E-state index contributed by atoms with van der Waals surface area (Å²) in [5, 5.41) is 3.23. The number of nitrogens with zero attached hydrogens (tertiary/aromatic N) is 2. The molecule has 1 aromatic heterocycles. The van der Waals surface area contributed by atoms with Crippen molar-refractivity contribution in [2.24, 2.45) is 0 Å². The van der Waals surface area contributed by atoms with Crippen LogP contribution in [-0.2, 0) is 9.53 Å². The number of amides is 1. The largest absolute Gasteiger partial charge is 0.379 e. The highest BCUT2D eigenvalue weighted by Crippen LogP contribution is 2.25. The Morgan fingerprint density at radius 3 is 2.78 bits per heavy atom. The van der Waals surface area contributed by atoms with Crippen LogP contribution in [0.15, 0.2) is 42.7 Å². The van der Waals surface area contributed by atoms with Crippen molar-refractivity contribution in [3.8, 4) is 0 Å². The molecule has 0 radical (unpaired) electrons. The van der Waals surface area contributed by atoms with E-state index >= 15 is 0 Å². The van der Waals surface area contributed by atoms with E-state index in [0.717, 1.165) is 50.4 Å². The maximum atomic E-state index is 12.6. The molecular weight excluding hydrogens is 338 g/mol. The third-order valence-corrected chi connectivity index (χ3v) is 5.04. The van der Waals surface area contributed by atoms with E-state index in [2.05, 4.69) is 47.2 Å². The van der Waals surface area contributed by atoms with Crippen LogP contribution in [-0.4, -0.2) is 48.6 Å². The number of rotatable bonds is 7. The summed E-state index contributed by atoms with van der Waals surface area (Å²) >= 11 is 0. The molecule has 2 aromatic rings. The predicted molar refractivity (Wildman–Crippen MR) is 107 cm³/mol. The second kappa shape index (κ2) is 9.62. The molecule has 1 aromatic carbocycles. The number of aromatic nitrogens is 1. The van der Waals surface area contributed by atoms with Gasteiger partial charge in [-0.05, 0) is 49.6 Å². The number of ether oxygens (including phenoxy) is 1. The van der Waals surface area contributed by atoms with E-state index in [1.165, 1.54) is 11.1 Å². The average Bonchev–Trinajstić information content (AvgIpc) is 2.68. The van der Waals surface area contributed by atoms with Crippen molar-refractivity contribution < 1.29 is 9.53 Å². The molecule has 1 N–H and O–H groups in total. The quantitative estimate of drug-likeness (QED) is 0.817. The lowest BCUT2D eigenvalue weighted by molar-refractivity contribution is -0.121. The van der Waals surface area contributed by atoms with E-state index in [4.69, 9.17) is 4.74 Å². The fraction of sp³-hybridized carbons (Fsp3) is 0.455. The summed E-state index contributed by atoms with van der Waals surface area (Å²) in [6, 6.07) is 10.1. The molecule has 0 spiro atoms. The number of carbonyl (C=O) groups excluding carboxylic acids is 1. The molecule has 1 fully saturated rings. The molecule has 1 aliphatic heterocycles. The number of aryl methyl sites for hydroxylation is 2. The Bertz CT molecular complexity index is 742. The van der Waals surface area contributed by atoms with Crippen LogP contribution in [0.1, 0.15) is 41.1 Å². The van der Waals surface area contributed by atoms with Crippen LogP contribution < -0.4 is 5.32 Å². The number of carbonyl (C=O) groups is 1. The van der Waals surface area contributed by atoms with E-state index in [0.29, 0.717) is 6.42 Å². The highest BCUT2D eigenvalue weighted by atomic mass is 16.5. The van der Waals surface area contributed by atoms with Crippen molar-refractivity contribution in [1.29, 1.82) is 0 Å². The minimum atomic E-state index is -0.171. The monoisotopic (exact) mass is 367 g/mol. The zero-order valence-corrected chi connectivity index (χ0v) is 16.3. The van der Waals surface area contributed by atoms with E-state index in [-0.39, 0.29) is 11.9 Å². The molecule has 5 nitrogen and oxygen atoms in total. The van der Waals surface area contributed by atoms with Gasteiger partial charge in [-0.15, -0.1) is 0 Å². The summed E-state index contributed by atoms with van der Waals surface area (Å²) in [5.41, 5.74) is 4.52. The topological polar surface area (TPSA) is 54.5 Å². The van der Waals surface area contributed by atoms with Crippen molar-refractivity contribution in [3.63, 3.8) is 0 Å². The molecule has 2 heterocycles. The Morgan fingerprint density at radius 1 is 1.26 bits per heavy atom. The average molecular weight is 367 g/mol. The number of pyridine rings is 1. The Balaban J connectivity index is 1.65. The minimum absolute atomic E-state index is 0.0806. The first-order chi connectivity index (χ1) is 13.1. The zero-order chi connectivity index (χ0) is 19.1. The summed E-state index contributed by atoms with van der Waals surface area (Å²) in [6.45, 7) is 8.63. The highest BCUT2D eigenvalue weighted by Gasteiger charge is 2.19. The molecule has 1 amide bonds. The first kappa shape index (κ1) is 19.5. The second-order valence-corrected chi connectivity index (χ2v) is 7.20. The zero-order valence-electron chi connectivity index (χ0n) is 16.3. The number of hydrogen-bond donors (Lipinski definition) is 1. The number of hydrogen-bond acceptors (Lipinski definition) is 4. The van der Waals surface area contributed by atoms with Gasteiger partial charge in [0.15, 0.2) is 0 Å². The molecular formula is C22H29N3O2. The molecule has 1 atom stereocenters. The lowest BCUT2D eigenvalue weighted by Crippen LogP contribution is -2.37. The SMILES string of the molecule is Cc1ccc([C@@H](NC(=O)CCCN2CCOCC2)c2cccnc2)c(C)c1. The molecule has 0 saturated carbocycles. The van der Waals surface area contributed by atoms with Crippen molar-refractivity contribution in [2.75, 3.05) is 32.8 Å². The summed E-state index contributed by atoms with van der Waals surface area (Å²) < 4.78 is 5.37. The van der Waals surface area contributed by atoms with Gasteiger partial charge in [0.1, 0.15) is 0 Å². The first-order valence-electron chi connectivity index (χ1n) is 9.70. The molecule has 0 unspecified atom stereocenters. The van der Waals surface area contributed by atoms with Gasteiger partial charge in [-0.1, -0.05) is 29.8 Å². The molecule has 1 saturated heterocycles. The molecule has 144 valence electrons. The number of morpholine rings is 1. The molecule has 3 rings (SSSR count). The molecule has 27 heavy (non-hydrogen) atoms. The number of nitrogens with one attached hydrogen (secondary N) is 1. The van der Waals surface area contributed by atoms with Crippen LogP contribution >= 0.6 is 0 Å². The van der Waals surface area contributed by atoms with Crippen LogP contribution in [0.2, 0.25) is 0 Å². The van der Waals surface area contributed by atoms with Gasteiger partial charge >= 0.3 is 0 Å². The molecule has 0 bridgehead atoms. The van der Waals surface area contributed by atoms with Crippen molar-refractivity contribution in [2.45, 2.75) is 32.7 Å². The summed E-state index contributed by atoms with van der Waals surface area (Å²) in [7, 11) is 0. The van der Waals surface area contributed by atoms with Gasteiger partial charge in [0.05, 0.1) is 19.3 Å².